The number of hydrogen-bond donors (Lipinski definition) is 0. The van der Waals surface area contributed by atoms with Crippen molar-refractivity contribution in [3.63, 3.8) is 0 Å². The zero-order chi connectivity index (χ0) is 18.9. The zero-order valence-corrected chi connectivity index (χ0v) is 18.9. The van der Waals surface area contributed by atoms with Gasteiger partial charge in [-0.15, -0.1) is 0 Å². The van der Waals surface area contributed by atoms with Gasteiger partial charge in [-0.05, 0) is 71.0 Å². The SMILES string of the molecule is CC(C)C(C(C)C)C1C(C(C(C)C)C(C)C)C1C(C(C)C)C(C)C. The average molecular weight is 337 g/mol. The molecule has 0 aromatic carbocycles. The van der Waals surface area contributed by atoms with E-state index in [0.717, 1.165) is 71.0 Å². The maximum atomic E-state index is 2.47. The molecular formula is C24H48. The Morgan fingerprint density at radius 1 is 0.292 bits per heavy atom. The molecule has 1 aliphatic rings. The molecular weight excluding hydrogens is 288 g/mol. The van der Waals surface area contributed by atoms with Gasteiger partial charge in [0.25, 0.3) is 0 Å². The largest absolute Gasteiger partial charge is 0.0625 e. The maximum Gasteiger partial charge on any atom is -0.0313 e. The van der Waals surface area contributed by atoms with Crippen LogP contribution in [0, 0.1) is 71.0 Å². The van der Waals surface area contributed by atoms with Crippen LogP contribution in [0.3, 0.4) is 0 Å². The molecule has 1 aliphatic carbocycles. The highest BCUT2D eigenvalue weighted by molar-refractivity contribution is 5.08. The van der Waals surface area contributed by atoms with Crippen molar-refractivity contribution in [1.82, 2.24) is 0 Å². The Labute approximate surface area is 154 Å². The lowest BCUT2D eigenvalue weighted by Gasteiger charge is -2.30. The predicted molar refractivity (Wildman–Crippen MR) is 110 cm³/mol. The Hall–Kier alpha value is 0. The summed E-state index contributed by atoms with van der Waals surface area (Å²) in [7, 11) is 0. The van der Waals surface area contributed by atoms with E-state index in [1.807, 2.05) is 0 Å². The highest BCUT2D eigenvalue weighted by Crippen LogP contribution is 2.65. The van der Waals surface area contributed by atoms with Crippen LogP contribution in [0.2, 0.25) is 0 Å². The zero-order valence-electron chi connectivity index (χ0n) is 18.9. The van der Waals surface area contributed by atoms with Crippen LogP contribution in [-0.2, 0) is 0 Å². The summed E-state index contributed by atoms with van der Waals surface area (Å²) in [5.41, 5.74) is 0. The standard InChI is InChI=1S/C24H48/c1-13(2)19(14(3)4)22-23(20(15(5)6)16(7)8)24(22)21(17(9)10)18(11)12/h13-24H,1-12H3. The van der Waals surface area contributed by atoms with E-state index < -0.39 is 0 Å². The summed E-state index contributed by atoms with van der Waals surface area (Å²) in [6, 6.07) is 0. The van der Waals surface area contributed by atoms with E-state index in [1.54, 1.807) is 0 Å². The van der Waals surface area contributed by atoms with Crippen molar-refractivity contribution in [1.29, 1.82) is 0 Å². The monoisotopic (exact) mass is 336 g/mol. The van der Waals surface area contributed by atoms with Crippen LogP contribution in [0.25, 0.3) is 0 Å². The quantitative estimate of drug-likeness (QED) is 0.406. The first-order chi connectivity index (χ1) is 10.9. The molecule has 1 rings (SSSR count). The minimum absolute atomic E-state index is 0.808. The highest BCUT2D eigenvalue weighted by Gasteiger charge is 2.61. The van der Waals surface area contributed by atoms with Gasteiger partial charge in [0.2, 0.25) is 0 Å². The van der Waals surface area contributed by atoms with Crippen LogP contribution >= 0.6 is 0 Å². The Kier molecular flexibility index (Phi) is 7.89. The van der Waals surface area contributed by atoms with Gasteiger partial charge in [-0.2, -0.15) is 0 Å². The van der Waals surface area contributed by atoms with Crippen LogP contribution in [0.5, 0.6) is 0 Å². The molecule has 0 aromatic rings. The summed E-state index contributed by atoms with van der Waals surface area (Å²) in [5.74, 6) is 10.4. The molecule has 0 heterocycles. The fourth-order valence-electron chi connectivity index (χ4n) is 6.90. The van der Waals surface area contributed by atoms with E-state index in [0.29, 0.717) is 0 Å². The predicted octanol–water partition coefficient (Wildman–Crippen LogP) is 7.63. The summed E-state index contributed by atoms with van der Waals surface area (Å²) in [6.07, 6.45) is 0. The topological polar surface area (TPSA) is 0 Å². The number of rotatable bonds is 9. The lowest BCUT2D eigenvalue weighted by atomic mass is 9.76. The van der Waals surface area contributed by atoms with Gasteiger partial charge in [-0.25, -0.2) is 0 Å². The van der Waals surface area contributed by atoms with Gasteiger partial charge in [-0.1, -0.05) is 83.1 Å². The Morgan fingerprint density at radius 2 is 0.417 bits per heavy atom. The molecule has 1 fully saturated rings. The van der Waals surface area contributed by atoms with Crippen molar-refractivity contribution in [2.45, 2.75) is 83.1 Å². The minimum Gasteiger partial charge on any atom is -0.0625 e. The second kappa shape index (κ2) is 8.59. The second-order valence-electron chi connectivity index (χ2n) is 10.9. The summed E-state index contributed by atoms with van der Waals surface area (Å²) >= 11 is 0. The first-order valence-corrected chi connectivity index (χ1v) is 10.9. The van der Waals surface area contributed by atoms with Crippen LogP contribution in [-0.4, -0.2) is 0 Å². The van der Waals surface area contributed by atoms with Gasteiger partial charge in [0, 0.05) is 0 Å². The lowest BCUT2D eigenvalue weighted by molar-refractivity contribution is 0.187. The molecule has 24 heavy (non-hydrogen) atoms. The van der Waals surface area contributed by atoms with E-state index in [2.05, 4.69) is 83.1 Å². The molecule has 0 nitrogen and oxygen atoms in total. The van der Waals surface area contributed by atoms with Crippen molar-refractivity contribution in [3.05, 3.63) is 0 Å². The van der Waals surface area contributed by atoms with Gasteiger partial charge in [0.15, 0.2) is 0 Å². The maximum absolute atomic E-state index is 2.47. The fraction of sp³-hybridized carbons (Fsp3) is 1.00. The van der Waals surface area contributed by atoms with Crippen LogP contribution in [0.4, 0.5) is 0 Å². The van der Waals surface area contributed by atoms with E-state index in [9.17, 15) is 0 Å². The minimum atomic E-state index is 0.808. The van der Waals surface area contributed by atoms with Crippen molar-refractivity contribution >= 4 is 0 Å². The normalized spacial score (nSPS) is 25.1. The first-order valence-electron chi connectivity index (χ1n) is 10.9. The van der Waals surface area contributed by atoms with Gasteiger partial charge < -0.3 is 0 Å². The molecule has 1 saturated carbocycles. The highest BCUT2D eigenvalue weighted by atomic mass is 14.7. The van der Waals surface area contributed by atoms with Gasteiger partial charge in [-0.3, -0.25) is 0 Å². The van der Waals surface area contributed by atoms with E-state index in [4.69, 9.17) is 0 Å². The molecule has 0 bridgehead atoms. The van der Waals surface area contributed by atoms with E-state index in [-0.39, 0.29) is 0 Å². The van der Waals surface area contributed by atoms with Gasteiger partial charge >= 0.3 is 0 Å². The van der Waals surface area contributed by atoms with Gasteiger partial charge in [0.1, 0.15) is 0 Å². The van der Waals surface area contributed by atoms with E-state index >= 15 is 0 Å². The van der Waals surface area contributed by atoms with Crippen molar-refractivity contribution in [2.24, 2.45) is 71.0 Å². The first kappa shape index (κ1) is 22.0. The molecule has 0 atom stereocenters. The van der Waals surface area contributed by atoms with Gasteiger partial charge in [0.05, 0.1) is 0 Å². The average Bonchev–Trinajstić information content (AvgIpc) is 3.00. The molecule has 0 unspecified atom stereocenters. The molecule has 0 spiro atoms. The van der Waals surface area contributed by atoms with Crippen LogP contribution in [0.15, 0.2) is 0 Å². The summed E-state index contributed by atoms with van der Waals surface area (Å²) in [5, 5.41) is 0. The molecule has 0 amide bonds. The molecule has 0 saturated heterocycles. The van der Waals surface area contributed by atoms with Crippen molar-refractivity contribution < 1.29 is 0 Å². The van der Waals surface area contributed by atoms with Crippen molar-refractivity contribution in [3.8, 4) is 0 Å². The molecule has 0 heteroatoms. The molecule has 0 aliphatic heterocycles. The molecule has 0 N–H and O–H groups in total. The Morgan fingerprint density at radius 3 is 0.500 bits per heavy atom. The molecule has 144 valence electrons. The van der Waals surface area contributed by atoms with Crippen molar-refractivity contribution in [2.75, 3.05) is 0 Å². The fourth-order valence-corrected chi connectivity index (χ4v) is 6.90. The third-order valence-electron chi connectivity index (χ3n) is 7.14. The molecule has 0 aromatic heterocycles. The third-order valence-corrected chi connectivity index (χ3v) is 7.14. The summed E-state index contributed by atoms with van der Waals surface area (Å²) < 4.78 is 0. The molecule has 0 radical (unpaired) electrons. The summed E-state index contributed by atoms with van der Waals surface area (Å²) in [6.45, 7) is 29.6. The lowest BCUT2D eigenvalue weighted by Crippen LogP contribution is -2.24. The second-order valence-corrected chi connectivity index (χ2v) is 10.9. The smallest absolute Gasteiger partial charge is 0.0313 e. The Bertz CT molecular complexity index is 273. The van der Waals surface area contributed by atoms with Crippen LogP contribution in [0.1, 0.15) is 83.1 Å². The van der Waals surface area contributed by atoms with E-state index in [1.165, 1.54) is 0 Å². The third kappa shape index (κ3) is 4.59. The number of hydrogen-bond acceptors (Lipinski definition) is 0. The summed E-state index contributed by atoms with van der Waals surface area (Å²) in [4.78, 5) is 0. The Balaban J connectivity index is 3.25. The van der Waals surface area contributed by atoms with Crippen LogP contribution < -0.4 is 0 Å².